The van der Waals surface area contributed by atoms with Crippen molar-refractivity contribution in [1.29, 1.82) is 0 Å². The fourth-order valence-corrected chi connectivity index (χ4v) is 4.96. The second-order valence-corrected chi connectivity index (χ2v) is 10.1. The van der Waals surface area contributed by atoms with E-state index in [-0.39, 0.29) is 12.4 Å². The summed E-state index contributed by atoms with van der Waals surface area (Å²) >= 11 is 0. The third-order valence-electron chi connectivity index (χ3n) is 5.35. The fourth-order valence-electron chi connectivity index (χ4n) is 3.46. The molecule has 0 amide bonds. The normalized spacial score (nSPS) is 26.2. The number of carbonyl (C=O) groups is 1. The lowest BCUT2D eigenvalue weighted by molar-refractivity contribution is -0.145. The van der Waals surface area contributed by atoms with Crippen LogP contribution in [0.4, 0.5) is 4.39 Å². The Balaban J connectivity index is 1.78. The van der Waals surface area contributed by atoms with Gasteiger partial charge in [-0.15, -0.1) is 0 Å². The molecule has 0 radical (unpaired) electrons. The zero-order valence-corrected chi connectivity index (χ0v) is 20.9. The summed E-state index contributed by atoms with van der Waals surface area (Å²) in [6.45, 7) is 3.77. The molecular formula is C22H29FN3O9P. The van der Waals surface area contributed by atoms with Crippen LogP contribution in [0.15, 0.2) is 52.2 Å². The second-order valence-electron chi connectivity index (χ2n) is 8.36. The number of aliphatic hydroxyl groups excluding tert-OH is 1. The summed E-state index contributed by atoms with van der Waals surface area (Å²) in [6.07, 6.45) is -3.19. The van der Waals surface area contributed by atoms with Gasteiger partial charge in [0.05, 0.1) is 13.2 Å². The zero-order valence-electron chi connectivity index (χ0n) is 20.0. The van der Waals surface area contributed by atoms with Gasteiger partial charge in [0, 0.05) is 12.3 Å². The van der Waals surface area contributed by atoms with Gasteiger partial charge in [-0.05, 0) is 32.4 Å². The van der Waals surface area contributed by atoms with Crippen molar-refractivity contribution in [2.75, 3.05) is 13.2 Å². The van der Waals surface area contributed by atoms with E-state index in [0.717, 1.165) is 23.8 Å². The van der Waals surface area contributed by atoms with Crippen molar-refractivity contribution in [3.63, 3.8) is 0 Å². The Morgan fingerprint density at radius 3 is 2.67 bits per heavy atom. The molecule has 6 atom stereocenters. The van der Waals surface area contributed by atoms with Crippen molar-refractivity contribution < 1.29 is 37.4 Å². The van der Waals surface area contributed by atoms with Crippen LogP contribution in [0.2, 0.25) is 0 Å². The first-order chi connectivity index (χ1) is 17.0. The summed E-state index contributed by atoms with van der Waals surface area (Å²) in [7, 11) is -4.29. The van der Waals surface area contributed by atoms with Crippen LogP contribution in [0.3, 0.4) is 0 Å². The summed E-state index contributed by atoms with van der Waals surface area (Å²) in [5, 5.41) is 13.0. The molecule has 1 aliphatic heterocycles. The highest BCUT2D eigenvalue weighted by molar-refractivity contribution is 7.52. The van der Waals surface area contributed by atoms with Crippen LogP contribution >= 0.6 is 7.75 Å². The average Bonchev–Trinajstić information content (AvgIpc) is 3.05. The maximum atomic E-state index is 15.4. The van der Waals surface area contributed by atoms with Crippen LogP contribution in [0.5, 0.6) is 5.75 Å². The van der Waals surface area contributed by atoms with Crippen LogP contribution < -0.4 is 20.9 Å². The smallest absolute Gasteiger partial charge is 0.459 e. The Kier molecular flexibility index (Phi) is 8.85. The number of para-hydroxylation sites is 1. The van der Waals surface area contributed by atoms with E-state index in [1.165, 1.54) is 19.1 Å². The predicted octanol–water partition coefficient (Wildman–Crippen LogP) is 1.66. The van der Waals surface area contributed by atoms with Gasteiger partial charge in [0.1, 0.15) is 24.0 Å². The van der Waals surface area contributed by atoms with Crippen molar-refractivity contribution in [3.05, 3.63) is 63.4 Å². The fraction of sp³-hybridized carbons (Fsp3) is 0.500. The lowest BCUT2D eigenvalue weighted by atomic mass is 9.98. The number of benzene rings is 1. The van der Waals surface area contributed by atoms with Gasteiger partial charge < -0.3 is 19.1 Å². The average molecular weight is 529 g/mol. The van der Waals surface area contributed by atoms with Gasteiger partial charge >= 0.3 is 19.4 Å². The van der Waals surface area contributed by atoms with Gasteiger partial charge in [-0.1, -0.05) is 25.1 Å². The number of alkyl halides is 1. The molecule has 0 saturated carbocycles. The number of aromatic nitrogens is 2. The van der Waals surface area contributed by atoms with E-state index >= 15 is 4.39 Å². The maximum absolute atomic E-state index is 15.4. The van der Waals surface area contributed by atoms with Gasteiger partial charge in [-0.25, -0.2) is 13.8 Å². The van der Waals surface area contributed by atoms with Gasteiger partial charge in [0.15, 0.2) is 11.9 Å². The molecule has 1 aromatic heterocycles. The number of rotatable bonds is 11. The lowest BCUT2D eigenvalue weighted by Gasteiger charge is -2.25. The van der Waals surface area contributed by atoms with Crippen LogP contribution in [-0.4, -0.2) is 57.8 Å². The number of ether oxygens (including phenoxy) is 2. The summed E-state index contributed by atoms with van der Waals surface area (Å²) in [5.41, 5.74) is -4.11. The highest BCUT2D eigenvalue weighted by Gasteiger charge is 2.55. The van der Waals surface area contributed by atoms with E-state index in [0.29, 0.717) is 6.42 Å². The molecule has 1 aromatic carbocycles. The van der Waals surface area contributed by atoms with Gasteiger partial charge in [0.2, 0.25) is 0 Å². The summed E-state index contributed by atoms with van der Waals surface area (Å²) in [6, 6.07) is 7.89. The molecule has 0 bridgehead atoms. The molecule has 36 heavy (non-hydrogen) atoms. The third-order valence-corrected chi connectivity index (χ3v) is 7.00. The molecule has 198 valence electrons. The number of hydrogen-bond donors (Lipinski definition) is 3. The topological polar surface area (TPSA) is 158 Å². The number of aliphatic hydroxyl groups is 1. The summed E-state index contributed by atoms with van der Waals surface area (Å²) in [5.74, 6) is -0.535. The van der Waals surface area contributed by atoms with Crippen LogP contribution in [0.1, 0.15) is 33.4 Å². The summed E-state index contributed by atoms with van der Waals surface area (Å²) in [4.78, 5) is 37.7. The Labute approximate surface area is 205 Å². The second kappa shape index (κ2) is 11.5. The number of esters is 1. The molecule has 0 aliphatic carbocycles. The Hall–Kier alpha value is -2.83. The SMILES string of the molecule is CCCOC(=O)[C@H](C)NP(=O)(OCC1O[C@@H](n2ccc(=O)[nH]c2=O)C(C)(F)[C@H]1O)Oc1ccccc1. The zero-order chi connectivity index (χ0) is 26.5. The van der Waals surface area contributed by atoms with E-state index in [1.807, 2.05) is 11.9 Å². The minimum Gasteiger partial charge on any atom is -0.465 e. The standard InChI is InChI=1S/C22H29FN3O9P/c1-4-12-32-19(29)14(2)25-36(31,35-15-8-6-5-7-9-15)33-13-16-18(28)22(3,23)20(34-16)26-11-10-17(27)24-21(26)30/h5-11,14,16,18,20,28H,4,12-13H2,1-3H3,(H,25,31)(H,24,27,30)/t14-,16?,18-,20+,22?,36?/m0/s1. The Bertz CT molecular complexity index is 1200. The van der Waals surface area contributed by atoms with Gasteiger partial charge in [-0.3, -0.25) is 23.7 Å². The molecule has 3 N–H and O–H groups in total. The lowest BCUT2D eigenvalue weighted by Crippen LogP contribution is -2.43. The molecule has 3 rings (SSSR count). The molecular weight excluding hydrogens is 500 g/mol. The van der Waals surface area contributed by atoms with E-state index in [9.17, 15) is 24.1 Å². The number of H-pyrrole nitrogens is 1. The van der Waals surface area contributed by atoms with Crippen molar-refractivity contribution in [2.24, 2.45) is 0 Å². The molecule has 0 spiro atoms. The first-order valence-corrected chi connectivity index (χ1v) is 12.8. The highest BCUT2D eigenvalue weighted by Crippen LogP contribution is 2.47. The predicted molar refractivity (Wildman–Crippen MR) is 125 cm³/mol. The van der Waals surface area contributed by atoms with E-state index in [4.69, 9.17) is 18.5 Å². The number of hydrogen-bond acceptors (Lipinski definition) is 9. The van der Waals surface area contributed by atoms with E-state index in [1.54, 1.807) is 18.2 Å². The first kappa shape index (κ1) is 27.8. The highest BCUT2D eigenvalue weighted by atomic mass is 31.2. The van der Waals surface area contributed by atoms with Crippen LogP contribution in [0.25, 0.3) is 0 Å². The minimum atomic E-state index is -4.29. The van der Waals surface area contributed by atoms with Crippen LogP contribution in [0, 0.1) is 0 Å². The van der Waals surface area contributed by atoms with Gasteiger partial charge in [0.25, 0.3) is 5.56 Å². The molecule has 12 nitrogen and oxygen atoms in total. The molecule has 3 unspecified atom stereocenters. The molecule has 2 aromatic rings. The largest absolute Gasteiger partial charge is 0.465 e. The first-order valence-electron chi connectivity index (χ1n) is 11.2. The Morgan fingerprint density at radius 2 is 2.03 bits per heavy atom. The van der Waals surface area contributed by atoms with E-state index in [2.05, 4.69) is 5.09 Å². The maximum Gasteiger partial charge on any atom is 0.459 e. The molecule has 1 saturated heterocycles. The van der Waals surface area contributed by atoms with Crippen molar-refractivity contribution in [3.8, 4) is 5.75 Å². The third kappa shape index (κ3) is 6.48. The minimum absolute atomic E-state index is 0.156. The number of halogens is 1. The quantitative estimate of drug-likeness (QED) is 0.289. The molecule has 14 heteroatoms. The monoisotopic (exact) mass is 529 g/mol. The number of carbonyl (C=O) groups excluding carboxylic acids is 1. The number of nitrogens with one attached hydrogen (secondary N) is 2. The van der Waals surface area contributed by atoms with Crippen LogP contribution in [-0.2, 0) is 23.4 Å². The van der Waals surface area contributed by atoms with Gasteiger partial charge in [-0.2, -0.15) is 5.09 Å². The van der Waals surface area contributed by atoms with Crippen molar-refractivity contribution >= 4 is 13.7 Å². The molecule has 1 aliphatic rings. The number of aromatic amines is 1. The van der Waals surface area contributed by atoms with E-state index < -0.39 is 61.7 Å². The van der Waals surface area contributed by atoms with Crippen molar-refractivity contribution in [1.82, 2.24) is 14.6 Å². The summed E-state index contributed by atoms with van der Waals surface area (Å²) < 4.78 is 51.3. The molecule has 1 fully saturated rings. The molecule has 2 heterocycles. The number of nitrogens with zero attached hydrogens (tertiary/aromatic N) is 1. The Morgan fingerprint density at radius 1 is 1.33 bits per heavy atom. The van der Waals surface area contributed by atoms with Crippen molar-refractivity contribution in [2.45, 2.75) is 57.3 Å².